The SMILES string of the molecule is O=C1ON=C(c2cccc([N+](=O)[O-])c2)/C1=C\c1ccc(O)cc1. The lowest BCUT2D eigenvalue weighted by molar-refractivity contribution is -0.384. The Morgan fingerprint density at radius 2 is 1.91 bits per heavy atom. The molecule has 2 aromatic carbocycles. The van der Waals surface area contributed by atoms with Crippen molar-refractivity contribution >= 4 is 23.4 Å². The van der Waals surface area contributed by atoms with Crippen molar-refractivity contribution in [1.29, 1.82) is 0 Å². The molecule has 0 spiro atoms. The van der Waals surface area contributed by atoms with Crippen molar-refractivity contribution in [1.82, 2.24) is 0 Å². The van der Waals surface area contributed by atoms with Gasteiger partial charge in [-0.2, -0.15) is 0 Å². The third kappa shape index (κ3) is 2.93. The van der Waals surface area contributed by atoms with Crippen LogP contribution in [0.3, 0.4) is 0 Å². The molecule has 0 amide bonds. The first-order chi connectivity index (χ1) is 11.0. The van der Waals surface area contributed by atoms with Crippen molar-refractivity contribution in [3.63, 3.8) is 0 Å². The number of nitro benzene ring substituents is 1. The molecule has 1 aliphatic rings. The summed E-state index contributed by atoms with van der Waals surface area (Å²) in [5, 5.41) is 23.9. The molecule has 114 valence electrons. The number of hydrogen-bond donors (Lipinski definition) is 1. The summed E-state index contributed by atoms with van der Waals surface area (Å²) in [5.41, 5.74) is 1.39. The van der Waals surface area contributed by atoms with Crippen LogP contribution in [0.5, 0.6) is 5.75 Å². The van der Waals surface area contributed by atoms with E-state index in [1.54, 1.807) is 24.3 Å². The van der Waals surface area contributed by atoms with Crippen LogP contribution in [0.1, 0.15) is 11.1 Å². The maximum absolute atomic E-state index is 11.9. The van der Waals surface area contributed by atoms with Gasteiger partial charge in [-0.15, -0.1) is 0 Å². The molecule has 3 rings (SSSR count). The van der Waals surface area contributed by atoms with E-state index in [1.807, 2.05) is 0 Å². The van der Waals surface area contributed by atoms with E-state index in [9.17, 15) is 20.0 Å². The molecular formula is C16H10N2O5. The van der Waals surface area contributed by atoms with Crippen LogP contribution in [-0.4, -0.2) is 21.7 Å². The second-order valence-electron chi connectivity index (χ2n) is 4.78. The predicted molar refractivity (Wildman–Crippen MR) is 81.8 cm³/mol. The maximum Gasteiger partial charge on any atom is 0.368 e. The Hall–Kier alpha value is -3.48. The first-order valence-corrected chi connectivity index (χ1v) is 6.60. The lowest BCUT2D eigenvalue weighted by atomic mass is 10.0. The zero-order chi connectivity index (χ0) is 16.4. The van der Waals surface area contributed by atoms with Gasteiger partial charge >= 0.3 is 5.97 Å². The average molecular weight is 310 g/mol. The van der Waals surface area contributed by atoms with Gasteiger partial charge in [-0.3, -0.25) is 10.1 Å². The zero-order valence-corrected chi connectivity index (χ0v) is 11.7. The molecule has 0 saturated carbocycles. The Morgan fingerprint density at radius 1 is 1.17 bits per heavy atom. The summed E-state index contributed by atoms with van der Waals surface area (Å²) >= 11 is 0. The highest BCUT2D eigenvalue weighted by atomic mass is 16.7. The van der Waals surface area contributed by atoms with Gasteiger partial charge in [-0.25, -0.2) is 4.79 Å². The van der Waals surface area contributed by atoms with Crippen molar-refractivity contribution in [2.75, 3.05) is 0 Å². The molecule has 1 aliphatic heterocycles. The number of rotatable bonds is 3. The summed E-state index contributed by atoms with van der Waals surface area (Å²) in [6.07, 6.45) is 1.55. The van der Waals surface area contributed by atoms with Crippen molar-refractivity contribution in [2.45, 2.75) is 0 Å². The van der Waals surface area contributed by atoms with Gasteiger partial charge < -0.3 is 9.94 Å². The van der Waals surface area contributed by atoms with Gasteiger partial charge in [-0.1, -0.05) is 29.4 Å². The molecule has 23 heavy (non-hydrogen) atoms. The Morgan fingerprint density at radius 3 is 2.61 bits per heavy atom. The van der Waals surface area contributed by atoms with Crippen molar-refractivity contribution in [2.24, 2.45) is 5.16 Å². The summed E-state index contributed by atoms with van der Waals surface area (Å²) in [4.78, 5) is 26.9. The molecule has 0 radical (unpaired) electrons. The largest absolute Gasteiger partial charge is 0.508 e. The van der Waals surface area contributed by atoms with Gasteiger partial charge in [0.2, 0.25) is 0 Å². The van der Waals surface area contributed by atoms with Crippen LogP contribution in [0.15, 0.2) is 59.3 Å². The predicted octanol–water partition coefficient (Wildman–Crippen LogP) is 2.64. The molecule has 0 bridgehead atoms. The third-order valence-electron chi connectivity index (χ3n) is 3.23. The van der Waals surface area contributed by atoms with Crippen LogP contribution in [-0.2, 0) is 9.63 Å². The van der Waals surface area contributed by atoms with Crippen LogP contribution < -0.4 is 0 Å². The van der Waals surface area contributed by atoms with E-state index < -0.39 is 10.9 Å². The van der Waals surface area contributed by atoms with E-state index >= 15 is 0 Å². The normalized spacial score (nSPS) is 15.4. The fraction of sp³-hybridized carbons (Fsp3) is 0. The van der Waals surface area contributed by atoms with Crippen molar-refractivity contribution in [3.05, 3.63) is 75.3 Å². The van der Waals surface area contributed by atoms with Crippen LogP contribution in [0.2, 0.25) is 0 Å². The highest BCUT2D eigenvalue weighted by molar-refractivity contribution is 6.31. The number of carbonyl (C=O) groups is 1. The fourth-order valence-electron chi connectivity index (χ4n) is 2.12. The second-order valence-corrected chi connectivity index (χ2v) is 4.78. The summed E-state index contributed by atoms with van der Waals surface area (Å²) in [7, 11) is 0. The molecule has 7 nitrogen and oxygen atoms in total. The van der Waals surface area contributed by atoms with E-state index in [0.29, 0.717) is 11.1 Å². The Kier molecular flexibility index (Phi) is 3.60. The van der Waals surface area contributed by atoms with Gasteiger partial charge in [0.25, 0.3) is 5.69 Å². The zero-order valence-electron chi connectivity index (χ0n) is 11.7. The number of non-ortho nitro benzene ring substituents is 1. The first kappa shape index (κ1) is 14.5. The van der Waals surface area contributed by atoms with Gasteiger partial charge in [0.1, 0.15) is 11.5 Å². The Bertz CT molecular complexity index is 853. The minimum atomic E-state index is -0.639. The van der Waals surface area contributed by atoms with Gasteiger partial charge in [0, 0.05) is 17.7 Å². The van der Waals surface area contributed by atoms with Crippen molar-refractivity contribution in [3.8, 4) is 5.75 Å². The van der Waals surface area contributed by atoms with E-state index in [1.165, 1.54) is 30.3 Å². The number of hydrogen-bond acceptors (Lipinski definition) is 6. The van der Waals surface area contributed by atoms with E-state index in [0.717, 1.165) is 0 Å². The van der Waals surface area contributed by atoms with Gasteiger partial charge in [0.15, 0.2) is 0 Å². The van der Waals surface area contributed by atoms with Crippen LogP contribution >= 0.6 is 0 Å². The van der Waals surface area contributed by atoms with Gasteiger partial charge in [0.05, 0.1) is 10.5 Å². The minimum Gasteiger partial charge on any atom is -0.508 e. The van der Waals surface area contributed by atoms with E-state index in [2.05, 4.69) is 5.16 Å². The number of phenols is 1. The average Bonchev–Trinajstić information content (AvgIpc) is 2.91. The summed E-state index contributed by atoms with van der Waals surface area (Å²) in [6, 6.07) is 12.0. The topological polar surface area (TPSA) is 102 Å². The number of carbonyl (C=O) groups excluding carboxylic acids is 1. The maximum atomic E-state index is 11.9. The second kappa shape index (κ2) is 5.72. The number of benzene rings is 2. The monoisotopic (exact) mass is 310 g/mol. The molecule has 2 aromatic rings. The Balaban J connectivity index is 2.01. The lowest BCUT2D eigenvalue weighted by Crippen LogP contribution is -2.07. The number of phenolic OH excluding ortho intramolecular Hbond substituents is 1. The number of oxime groups is 1. The highest BCUT2D eigenvalue weighted by Crippen LogP contribution is 2.23. The number of nitrogens with zero attached hydrogens (tertiary/aromatic N) is 2. The molecule has 0 aromatic heterocycles. The molecule has 0 unspecified atom stereocenters. The molecule has 1 N–H and O–H groups in total. The smallest absolute Gasteiger partial charge is 0.368 e. The standard InChI is InChI=1S/C16H10N2O5/c19-13-6-4-10(5-7-13)8-14-15(17-23-16(14)20)11-2-1-3-12(9-11)18(21)22/h1-9,19H/b14-8+. The summed E-state index contributed by atoms with van der Waals surface area (Å²) < 4.78 is 0. The molecular weight excluding hydrogens is 300 g/mol. The molecule has 1 heterocycles. The molecule has 0 atom stereocenters. The summed E-state index contributed by atoms with van der Waals surface area (Å²) in [5.74, 6) is -0.534. The van der Waals surface area contributed by atoms with E-state index in [-0.39, 0.29) is 22.7 Å². The van der Waals surface area contributed by atoms with E-state index in [4.69, 9.17) is 4.84 Å². The minimum absolute atomic E-state index is 0.103. The van der Waals surface area contributed by atoms with Crippen LogP contribution in [0.4, 0.5) is 5.69 Å². The molecule has 0 saturated heterocycles. The molecule has 0 fully saturated rings. The van der Waals surface area contributed by atoms with Gasteiger partial charge in [-0.05, 0) is 23.8 Å². The Labute approximate surface area is 130 Å². The summed E-state index contributed by atoms with van der Waals surface area (Å²) in [6.45, 7) is 0. The third-order valence-corrected chi connectivity index (χ3v) is 3.23. The molecule has 7 heteroatoms. The lowest BCUT2D eigenvalue weighted by Gasteiger charge is -2.01. The highest BCUT2D eigenvalue weighted by Gasteiger charge is 2.27. The van der Waals surface area contributed by atoms with Crippen LogP contribution in [0, 0.1) is 10.1 Å². The fourth-order valence-corrected chi connectivity index (χ4v) is 2.12. The quantitative estimate of drug-likeness (QED) is 0.406. The number of aromatic hydroxyl groups is 1. The first-order valence-electron chi connectivity index (χ1n) is 6.60. The van der Waals surface area contributed by atoms with Crippen molar-refractivity contribution < 1.29 is 19.7 Å². The number of nitro groups is 1. The molecule has 0 aliphatic carbocycles. The van der Waals surface area contributed by atoms with Crippen LogP contribution in [0.25, 0.3) is 6.08 Å².